The second-order valence-electron chi connectivity index (χ2n) is 4.39. The number of aromatic nitrogens is 3. The Labute approximate surface area is 116 Å². The zero-order valence-corrected chi connectivity index (χ0v) is 11.8. The van der Waals surface area contributed by atoms with Gasteiger partial charge in [0.1, 0.15) is 5.82 Å². The van der Waals surface area contributed by atoms with Gasteiger partial charge in [-0.25, -0.2) is 4.98 Å². The van der Waals surface area contributed by atoms with Gasteiger partial charge in [0.15, 0.2) is 5.82 Å². The largest absolute Gasteiger partial charge is 0.417 e. The number of benzene rings is 1. The molecule has 0 radical (unpaired) electrons. The van der Waals surface area contributed by atoms with Crippen LogP contribution in [0.3, 0.4) is 0 Å². The van der Waals surface area contributed by atoms with E-state index in [1.54, 1.807) is 6.07 Å². The molecule has 19 heavy (non-hydrogen) atoms. The summed E-state index contributed by atoms with van der Waals surface area (Å²) in [5, 5.41) is 6.66. The Balaban J connectivity index is 2.45. The second kappa shape index (κ2) is 4.96. The average molecular weight is 334 g/mol. The first-order valence-corrected chi connectivity index (χ1v) is 6.37. The topological polar surface area (TPSA) is 41.6 Å². The third-order valence-electron chi connectivity index (χ3n) is 2.58. The Bertz CT molecular complexity index is 590. The van der Waals surface area contributed by atoms with E-state index in [0.29, 0.717) is 11.4 Å². The summed E-state index contributed by atoms with van der Waals surface area (Å²) < 4.78 is 38.4. The molecule has 0 fully saturated rings. The van der Waals surface area contributed by atoms with Crippen LogP contribution in [0.1, 0.15) is 31.2 Å². The van der Waals surface area contributed by atoms with E-state index in [9.17, 15) is 13.2 Å². The van der Waals surface area contributed by atoms with Crippen molar-refractivity contribution in [2.24, 2.45) is 0 Å². The molecule has 7 heteroatoms. The van der Waals surface area contributed by atoms with E-state index in [0.717, 1.165) is 6.07 Å². The van der Waals surface area contributed by atoms with Gasteiger partial charge in [0.05, 0.1) is 5.56 Å². The lowest BCUT2D eigenvalue weighted by Crippen LogP contribution is -2.06. The van der Waals surface area contributed by atoms with E-state index in [2.05, 4.69) is 31.1 Å². The molecule has 0 saturated carbocycles. The zero-order valence-electron chi connectivity index (χ0n) is 10.2. The number of halogens is 4. The van der Waals surface area contributed by atoms with Crippen LogP contribution >= 0.6 is 15.9 Å². The van der Waals surface area contributed by atoms with Crippen LogP contribution in [0, 0.1) is 0 Å². The maximum absolute atomic E-state index is 12.8. The summed E-state index contributed by atoms with van der Waals surface area (Å²) in [4.78, 5) is 4.18. The summed E-state index contributed by atoms with van der Waals surface area (Å²) >= 11 is 2.90. The highest BCUT2D eigenvalue weighted by molar-refractivity contribution is 9.10. The minimum atomic E-state index is -4.41. The number of nitrogens with zero attached hydrogens (tertiary/aromatic N) is 2. The van der Waals surface area contributed by atoms with Crippen molar-refractivity contribution in [3.63, 3.8) is 0 Å². The lowest BCUT2D eigenvalue weighted by Gasteiger charge is -2.09. The first-order valence-electron chi connectivity index (χ1n) is 5.58. The van der Waals surface area contributed by atoms with Gasteiger partial charge in [0.25, 0.3) is 0 Å². The summed E-state index contributed by atoms with van der Waals surface area (Å²) in [6, 6.07) is 3.94. The molecule has 102 valence electrons. The summed E-state index contributed by atoms with van der Waals surface area (Å²) in [6.07, 6.45) is -4.41. The van der Waals surface area contributed by atoms with E-state index < -0.39 is 11.7 Å². The van der Waals surface area contributed by atoms with Crippen molar-refractivity contribution in [3.05, 3.63) is 34.1 Å². The van der Waals surface area contributed by atoms with Gasteiger partial charge in [-0.05, 0) is 18.2 Å². The van der Waals surface area contributed by atoms with Crippen molar-refractivity contribution in [1.29, 1.82) is 0 Å². The average Bonchev–Trinajstić information content (AvgIpc) is 2.77. The SMILES string of the molecule is CC(C)c1nc(-c2ccc(Br)c(C(F)(F)F)c2)n[nH]1. The molecule has 0 aliphatic rings. The summed E-state index contributed by atoms with van der Waals surface area (Å²) in [6.45, 7) is 3.85. The van der Waals surface area contributed by atoms with Crippen LogP contribution < -0.4 is 0 Å². The zero-order chi connectivity index (χ0) is 14.2. The monoisotopic (exact) mass is 333 g/mol. The van der Waals surface area contributed by atoms with E-state index in [1.807, 2.05) is 13.8 Å². The highest BCUT2D eigenvalue weighted by atomic mass is 79.9. The van der Waals surface area contributed by atoms with Crippen molar-refractivity contribution in [1.82, 2.24) is 15.2 Å². The molecule has 0 bridgehead atoms. The summed E-state index contributed by atoms with van der Waals surface area (Å²) in [5.41, 5.74) is -0.403. The molecule has 3 nitrogen and oxygen atoms in total. The first kappa shape index (κ1) is 14.0. The van der Waals surface area contributed by atoms with E-state index in [-0.39, 0.29) is 16.2 Å². The van der Waals surface area contributed by atoms with E-state index in [4.69, 9.17) is 0 Å². The number of H-pyrrole nitrogens is 1. The Morgan fingerprint density at radius 3 is 2.47 bits per heavy atom. The van der Waals surface area contributed by atoms with E-state index >= 15 is 0 Å². The molecule has 2 rings (SSSR count). The van der Waals surface area contributed by atoms with Gasteiger partial charge in [0.2, 0.25) is 0 Å². The molecule has 1 aromatic heterocycles. The third kappa shape index (κ3) is 2.97. The van der Waals surface area contributed by atoms with Crippen molar-refractivity contribution in [2.75, 3.05) is 0 Å². The fraction of sp³-hybridized carbons (Fsp3) is 0.333. The van der Waals surface area contributed by atoms with Gasteiger partial charge in [-0.15, -0.1) is 0 Å². The molecule has 0 atom stereocenters. The fourth-order valence-electron chi connectivity index (χ4n) is 1.54. The Hall–Kier alpha value is -1.37. The molecule has 0 amide bonds. The molecule has 0 aliphatic heterocycles. The van der Waals surface area contributed by atoms with Crippen molar-refractivity contribution >= 4 is 15.9 Å². The Morgan fingerprint density at radius 2 is 1.95 bits per heavy atom. The fourth-order valence-corrected chi connectivity index (χ4v) is 2.01. The Morgan fingerprint density at radius 1 is 1.26 bits per heavy atom. The highest BCUT2D eigenvalue weighted by Gasteiger charge is 2.33. The quantitative estimate of drug-likeness (QED) is 0.886. The highest BCUT2D eigenvalue weighted by Crippen LogP contribution is 2.36. The van der Waals surface area contributed by atoms with Crippen LogP contribution in [-0.4, -0.2) is 15.2 Å². The van der Waals surface area contributed by atoms with Crippen LogP contribution in [0.5, 0.6) is 0 Å². The van der Waals surface area contributed by atoms with E-state index in [1.165, 1.54) is 6.07 Å². The number of rotatable bonds is 2. The third-order valence-corrected chi connectivity index (χ3v) is 3.27. The number of hydrogen-bond donors (Lipinski definition) is 1. The van der Waals surface area contributed by atoms with Crippen LogP contribution in [0.25, 0.3) is 11.4 Å². The molecule has 1 heterocycles. The number of aromatic amines is 1. The van der Waals surface area contributed by atoms with Crippen molar-refractivity contribution in [3.8, 4) is 11.4 Å². The van der Waals surface area contributed by atoms with Gasteiger partial charge < -0.3 is 0 Å². The lowest BCUT2D eigenvalue weighted by molar-refractivity contribution is -0.138. The van der Waals surface area contributed by atoms with Gasteiger partial charge in [-0.2, -0.15) is 18.3 Å². The molecule has 1 N–H and O–H groups in total. The molecule has 0 spiro atoms. The standard InChI is InChI=1S/C12H11BrF3N3/c1-6(2)10-17-11(19-18-10)7-3-4-9(13)8(5-7)12(14,15)16/h3-6H,1-2H3,(H,17,18,19). The van der Waals surface area contributed by atoms with Crippen LogP contribution in [-0.2, 0) is 6.18 Å². The maximum Gasteiger partial charge on any atom is 0.417 e. The first-order chi connectivity index (χ1) is 8.79. The molecule has 2 aromatic rings. The van der Waals surface area contributed by atoms with Gasteiger partial charge >= 0.3 is 6.18 Å². The predicted molar refractivity (Wildman–Crippen MR) is 68.6 cm³/mol. The smallest absolute Gasteiger partial charge is 0.262 e. The van der Waals surface area contributed by atoms with Crippen LogP contribution in [0.15, 0.2) is 22.7 Å². The van der Waals surface area contributed by atoms with Gasteiger partial charge in [0, 0.05) is 16.0 Å². The molecule has 0 saturated heterocycles. The van der Waals surface area contributed by atoms with Crippen molar-refractivity contribution in [2.45, 2.75) is 25.9 Å². The van der Waals surface area contributed by atoms with Gasteiger partial charge in [-0.1, -0.05) is 29.8 Å². The minimum Gasteiger partial charge on any atom is -0.262 e. The summed E-state index contributed by atoms with van der Waals surface area (Å²) in [5.74, 6) is 1.05. The summed E-state index contributed by atoms with van der Waals surface area (Å²) in [7, 11) is 0. The molecule has 0 unspecified atom stereocenters. The Kier molecular flexibility index (Phi) is 3.66. The maximum atomic E-state index is 12.8. The number of nitrogens with one attached hydrogen (secondary N) is 1. The van der Waals surface area contributed by atoms with Crippen LogP contribution in [0.2, 0.25) is 0 Å². The number of hydrogen-bond acceptors (Lipinski definition) is 2. The van der Waals surface area contributed by atoms with Gasteiger partial charge in [-0.3, -0.25) is 5.10 Å². The molecular formula is C12H11BrF3N3. The predicted octanol–water partition coefficient (Wildman–Crippen LogP) is 4.38. The molecule has 0 aliphatic carbocycles. The minimum absolute atomic E-state index is 0.00312. The molecular weight excluding hydrogens is 323 g/mol. The molecule has 1 aromatic carbocycles. The normalized spacial score (nSPS) is 12.2. The lowest BCUT2D eigenvalue weighted by atomic mass is 10.1. The second-order valence-corrected chi connectivity index (χ2v) is 5.25. The van der Waals surface area contributed by atoms with Crippen LogP contribution in [0.4, 0.5) is 13.2 Å². The van der Waals surface area contributed by atoms with Crippen molar-refractivity contribution < 1.29 is 13.2 Å². The number of alkyl halides is 3.